The van der Waals surface area contributed by atoms with Gasteiger partial charge < -0.3 is 4.74 Å². The van der Waals surface area contributed by atoms with Crippen molar-refractivity contribution in [3.8, 4) is 0 Å². The molecule has 4 nitrogen and oxygen atoms in total. The average molecular weight is 307 g/mol. The zero-order valence-electron chi connectivity index (χ0n) is 10.7. The molecule has 0 aliphatic carbocycles. The molecule has 17 heavy (non-hydrogen) atoms. The molecule has 0 aromatic carbocycles. The van der Waals surface area contributed by atoms with Crippen molar-refractivity contribution in [1.82, 2.24) is 0 Å². The highest BCUT2D eigenvalue weighted by atomic mass is 35.7. The quantitative estimate of drug-likeness (QED) is 0.591. The summed E-state index contributed by atoms with van der Waals surface area (Å²) in [6, 6.07) is 0. The Balaban J connectivity index is 0. The number of ether oxygens (including phenoxy) is 1. The summed E-state index contributed by atoms with van der Waals surface area (Å²) in [7, 11) is 1.45. The lowest BCUT2D eigenvalue weighted by atomic mass is 9.98. The first-order valence-electron chi connectivity index (χ1n) is 5.07. The van der Waals surface area contributed by atoms with Gasteiger partial charge in [0.05, 0.1) is 11.7 Å². The fraction of sp³-hybridized carbons (Fsp3) is 0.900. The standard InChI is InChI=1S/C10H19ClO4S.ClH/c1-7(2)8(6-16(11,13)14)9(12)15-10(3,4)5;/h7-8H,6H2,1-5H3;1H. The summed E-state index contributed by atoms with van der Waals surface area (Å²) >= 11 is 0. The van der Waals surface area contributed by atoms with Crippen LogP contribution in [0.4, 0.5) is 0 Å². The van der Waals surface area contributed by atoms with Gasteiger partial charge in [-0.25, -0.2) is 8.42 Å². The van der Waals surface area contributed by atoms with E-state index in [1.54, 1.807) is 34.6 Å². The van der Waals surface area contributed by atoms with Crippen LogP contribution < -0.4 is 0 Å². The summed E-state index contributed by atoms with van der Waals surface area (Å²) in [4.78, 5) is 11.7. The third-order valence-corrected chi connectivity index (χ3v) is 3.03. The Kier molecular flexibility index (Phi) is 7.74. The van der Waals surface area contributed by atoms with E-state index in [1.165, 1.54) is 0 Å². The smallest absolute Gasteiger partial charge is 0.310 e. The van der Waals surface area contributed by atoms with E-state index >= 15 is 0 Å². The lowest BCUT2D eigenvalue weighted by Gasteiger charge is -2.25. The molecule has 0 aromatic heterocycles. The number of rotatable bonds is 4. The van der Waals surface area contributed by atoms with Gasteiger partial charge in [-0.05, 0) is 26.7 Å². The Bertz CT molecular complexity index is 344. The molecular weight excluding hydrogens is 287 g/mol. The average Bonchev–Trinajstić information content (AvgIpc) is 1.94. The zero-order valence-corrected chi connectivity index (χ0v) is 13.1. The van der Waals surface area contributed by atoms with E-state index in [-0.39, 0.29) is 24.1 Å². The molecule has 0 saturated carbocycles. The SMILES string of the molecule is CC(C)C(CS(=O)(=O)Cl)C(=O)OC(C)(C)C.Cl. The minimum Gasteiger partial charge on any atom is -0.460 e. The minimum absolute atomic E-state index is 0. The van der Waals surface area contributed by atoms with Crippen LogP contribution in [0.25, 0.3) is 0 Å². The molecule has 0 spiro atoms. The molecule has 0 aromatic rings. The summed E-state index contributed by atoms with van der Waals surface area (Å²) in [6.45, 7) is 8.72. The molecule has 0 heterocycles. The maximum atomic E-state index is 11.7. The second-order valence-electron chi connectivity index (χ2n) is 5.09. The van der Waals surface area contributed by atoms with Gasteiger partial charge in [-0.2, -0.15) is 0 Å². The Morgan fingerprint density at radius 3 is 1.94 bits per heavy atom. The molecule has 0 aliphatic rings. The van der Waals surface area contributed by atoms with Gasteiger partial charge in [-0.15, -0.1) is 12.4 Å². The molecule has 7 heteroatoms. The molecule has 0 N–H and O–H groups in total. The minimum atomic E-state index is -3.70. The Labute approximate surface area is 114 Å². The van der Waals surface area contributed by atoms with Crippen LogP contribution in [0, 0.1) is 11.8 Å². The second-order valence-corrected chi connectivity index (χ2v) is 7.91. The third-order valence-electron chi connectivity index (χ3n) is 1.89. The molecule has 0 bridgehead atoms. The van der Waals surface area contributed by atoms with Crippen LogP contribution in [-0.2, 0) is 18.6 Å². The molecule has 1 atom stereocenters. The van der Waals surface area contributed by atoms with E-state index < -0.39 is 26.5 Å². The predicted octanol–water partition coefficient (Wildman–Crippen LogP) is 2.59. The second kappa shape index (κ2) is 6.81. The van der Waals surface area contributed by atoms with Crippen LogP contribution in [0.5, 0.6) is 0 Å². The van der Waals surface area contributed by atoms with Crippen molar-refractivity contribution in [3.63, 3.8) is 0 Å². The van der Waals surface area contributed by atoms with Gasteiger partial charge in [0.2, 0.25) is 9.05 Å². The molecule has 0 fully saturated rings. The number of halogens is 2. The van der Waals surface area contributed by atoms with Crippen molar-refractivity contribution in [1.29, 1.82) is 0 Å². The van der Waals surface area contributed by atoms with Gasteiger partial charge in [-0.1, -0.05) is 13.8 Å². The molecule has 0 amide bonds. The highest BCUT2D eigenvalue weighted by Gasteiger charge is 2.31. The zero-order chi connectivity index (χ0) is 13.1. The van der Waals surface area contributed by atoms with Gasteiger partial charge >= 0.3 is 5.97 Å². The Morgan fingerprint density at radius 2 is 1.71 bits per heavy atom. The molecule has 0 saturated heterocycles. The van der Waals surface area contributed by atoms with Gasteiger partial charge in [0.15, 0.2) is 0 Å². The predicted molar refractivity (Wildman–Crippen MR) is 71.1 cm³/mol. The van der Waals surface area contributed by atoms with Crippen LogP contribution in [0.15, 0.2) is 0 Å². The van der Waals surface area contributed by atoms with Gasteiger partial charge in [0.25, 0.3) is 0 Å². The van der Waals surface area contributed by atoms with Crippen LogP contribution in [0.2, 0.25) is 0 Å². The van der Waals surface area contributed by atoms with Crippen molar-refractivity contribution < 1.29 is 17.9 Å². The van der Waals surface area contributed by atoms with Crippen molar-refractivity contribution in [2.75, 3.05) is 5.75 Å². The highest BCUT2D eigenvalue weighted by molar-refractivity contribution is 8.13. The first-order valence-corrected chi connectivity index (χ1v) is 7.55. The summed E-state index contributed by atoms with van der Waals surface area (Å²) in [5.41, 5.74) is -0.625. The number of hydrogen-bond acceptors (Lipinski definition) is 4. The van der Waals surface area contributed by atoms with Crippen LogP contribution in [0.3, 0.4) is 0 Å². The van der Waals surface area contributed by atoms with Crippen molar-refractivity contribution in [2.45, 2.75) is 40.2 Å². The molecule has 1 unspecified atom stereocenters. The summed E-state index contributed by atoms with van der Waals surface area (Å²) in [5.74, 6) is -1.77. The van der Waals surface area contributed by atoms with E-state index in [1.807, 2.05) is 0 Å². The largest absolute Gasteiger partial charge is 0.460 e. The van der Waals surface area contributed by atoms with Gasteiger partial charge in [0, 0.05) is 10.7 Å². The maximum Gasteiger partial charge on any atom is 0.310 e. The van der Waals surface area contributed by atoms with Crippen molar-refractivity contribution in [3.05, 3.63) is 0 Å². The summed E-state index contributed by atoms with van der Waals surface area (Å²) in [6.07, 6.45) is 0. The number of carbonyl (C=O) groups is 1. The third kappa shape index (κ3) is 9.68. The van der Waals surface area contributed by atoms with E-state index in [0.717, 1.165) is 0 Å². The summed E-state index contributed by atoms with van der Waals surface area (Å²) < 4.78 is 27.1. The number of esters is 1. The van der Waals surface area contributed by atoms with Gasteiger partial charge in [0.1, 0.15) is 5.60 Å². The fourth-order valence-corrected chi connectivity index (χ4v) is 2.48. The molecule has 0 rings (SSSR count). The van der Waals surface area contributed by atoms with E-state index in [4.69, 9.17) is 15.4 Å². The fourth-order valence-electron chi connectivity index (χ4n) is 1.12. The van der Waals surface area contributed by atoms with Crippen molar-refractivity contribution >= 4 is 38.1 Å². The van der Waals surface area contributed by atoms with E-state index in [0.29, 0.717) is 0 Å². The molecular formula is C10H20Cl2O4S. The topological polar surface area (TPSA) is 60.4 Å². The summed E-state index contributed by atoms with van der Waals surface area (Å²) in [5, 5.41) is 0. The van der Waals surface area contributed by atoms with Crippen molar-refractivity contribution in [2.24, 2.45) is 11.8 Å². The molecule has 0 aliphatic heterocycles. The van der Waals surface area contributed by atoms with Crippen LogP contribution in [0.1, 0.15) is 34.6 Å². The first-order chi connectivity index (χ1) is 6.92. The van der Waals surface area contributed by atoms with Gasteiger partial charge in [-0.3, -0.25) is 4.79 Å². The Morgan fingerprint density at radius 1 is 1.29 bits per heavy atom. The lowest BCUT2D eigenvalue weighted by Crippen LogP contribution is -2.34. The Hall–Kier alpha value is -0.000000000000000111. The number of hydrogen-bond donors (Lipinski definition) is 0. The maximum absolute atomic E-state index is 11.7. The molecule has 0 radical (unpaired) electrons. The van der Waals surface area contributed by atoms with E-state index in [9.17, 15) is 13.2 Å². The lowest BCUT2D eigenvalue weighted by molar-refractivity contribution is -0.160. The van der Waals surface area contributed by atoms with Crippen LogP contribution >= 0.6 is 23.1 Å². The molecule has 104 valence electrons. The first kappa shape index (κ1) is 19.3. The monoisotopic (exact) mass is 306 g/mol. The normalized spacial score (nSPS) is 14.1. The number of carbonyl (C=O) groups excluding carboxylic acids is 1. The van der Waals surface area contributed by atoms with E-state index in [2.05, 4.69) is 0 Å². The van der Waals surface area contributed by atoms with Crippen LogP contribution in [-0.4, -0.2) is 25.7 Å². The highest BCUT2D eigenvalue weighted by Crippen LogP contribution is 2.20.